The molecule has 0 saturated heterocycles. The lowest BCUT2D eigenvalue weighted by Gasteiger charge is -2.07. The summed E-state index contributed by atoms with van der Waals surface area (Å²) in [6.07, 6.45) is 7.39. The lowest BCUT2D eigenvalue weighted by Crippen LogP contribution is -3.00. The smallest absolute Gasteiger partial charge is 0.169 e. The summed E-state index contributed by atoms with van der Waals surface area (Å²) in [7, 11) is 0. The zero-order valence-corrected chi connectivity index (χ0v) is 18.4. The summed E-state index contributed by atoms with van der Waals surface area (Å²) in [5.41, 5.74) is 5.23. The first-order valence-electron chi connectivity index (χ1n) is 10.7. The van der Waals surface area contributed by atoms with Gasteiger partial charge >= 0.3 is 0 Å². The molecule has 0 bridgehead atoms. The Morgan fingerprint density at radius 3 is 1.77 bits per heavy atom. The average molecular weight is 430 g/mol. The number of benzene rings is 3. The lowest BCUT2D eigenvalue weighted by atomic mass is 10.0. The molecule has 0 aliphatic heterocycles. The lowest BCUT2D eigenvalue weighted by molar-refractivity contribution is -0.697. The first-order chi connectivity index (χ1) is 14.9. The second kappa shape index (κ2) is 11.9. The van der Waals surface area contributed by atoms with Crippen molar-refractivity contribution >= 4 is 0 Å². The van der Waals surface area contributed by atoms with Gasteiger partial charge in [0.25, 0.3) is 0 Å². The van der Waals surface area contributed by atoms with E-state index in [2.05, 4.69) is 108 Å². The first kappa shape index (κ1) is 22.6. The molecule has 3 aromatic carbocycles. The minimum absolute atomic E-state index is 0. The maximum atomic E-state index is 5.93. The molecule has 0 unspecified atom stereocenters. The van der Waals surface area contributed by atoms with Crippen molar-refractivity contribution in [3.63, 3.8) is 0 Å². The van der Waals surface area contributed by atoms with E-state index >= 15 is 0 Å². The van der Waals surface area contributed by atoms with Gasteiger partial charge in [0.05, 0.1) is 6.61 Å². The second-order valence-corrected chi connectivity index (χ2v) is 7.52. The van der Waals surface area contributed by atoms with E-state index in [1.807, 2.05) is 6.07 Å². The summed E-state index contributed by atoms with van der Waals surface area (Å²) in [6.45, 7) is 1.67. The van der Waals surface area contributed by atoms with Gasteiger partial charge < -0.3 is 17.1 Å². The van der Waals surface area contributed by atoms with Crippen molar-refractivity contribution in [2.24, 2.45) is 0 Å². The molecule has 3 heteroatoms. The zero-order valence-electron chi connectivity index (χ0n) is 17.7. The number of aromatic nitrogens is 1. The van der Waals surface area contributed by atoms with Crippen LogP contribution in [-0.2, 0) is 19.4 Å². The molecule has 0 N–H and O–H groups in total. The fourth-order valence-electron chi connectivity index (χ4n) is 3.55. The third-order valence-electron chi connectivity index (χ3n) is 5.30. The molecule has 0 aliphatic rings. The van der Waals surface area contributed by atoms with E-state index in [1.165, 1.54) is 22.3 Å². The molecular weight excluding hydrogens is 402 g/mol. The summed E-state index contributed by atoms with van der Waals surface area (Å²) in [5, 5.41) is 0. The molecule has 4 rings (SSSR count). The predicted octanol–water partition coefficient (Wildman–Crippen LogP) is 2.90. The Morgan fingerprint density at radius 2 is 1.13 bits per heavy atom. The average Bonchev–Trinajstić information content (AvgIpc) is 2.83. The van der Waals surface area contributed by atoms with Gasteiger partial charge in [0.15, 0.2) is 18.9 Å². The fourth-order valence-corrected chi connectivity index (χ4v) is 3.55. The van der Waals surface area contributed by atoms with Gasteiger partial charge in [-0.2, -0.15) is 0 Å². The highest BCUT2D eigenvalue weighted by Gasteiger charge is 2.03. The molecule has 31 heavy (non-hydrogen) atoms. The summed E-state index contributed by atoms with van der Waals surface area (Å²) < 4.78 is 8.14. The van der Waals surface area contributed by atoms with Crippen molar-refractivity contribution in [1.82, 2.24) is 0 Å². The number of nitrogens with zero attached hydrogens (tertiary/aromatic N) is 1. The predicted molar refractivity (Wildman–Crippen MR) is 122 cm³/mol. The van der Waals surface area contributed by atoms with Crippen LogP contribution in [0.4, 0.5) is 0 Å². The van der Waals surface area contributed by atoms with E-state index in [1.54, 1.807) is 0 Å². The minimum Gasteiger partial charge on any atom is -1.00 e. The summed E-state index contributed by atoms with van der Waals surface area (Å²) in [4.78, 5) is 0. The van der Waals surface area contributed by atoms with Gasteiger partial charge in [-0.25, -0.2) is 4.57 Å². The molecule has 0 radical (unpaired) electrons. The maximum absolute atomic E-state index is 5.93. The Bertz CT molecular complexity index is 1020. The van der Waals surface area contributed by atoms with Gasteiger partial charge in [-0.3, -0.25) is 0 Å². The van der Waals surface area contributed by atoms with E-state index in [9.17, 15) is 0 Å². The molecule has 0 saturated carbocycles. The highest BCUT2D eigenvalue weighted by molar-refractivity contribution is 5.61. The van der Waals surface area contributed by atoms with Crippen LogP contribution in [-0.4, -0.2) is 6.61 Å². The van der Waals surface area contributed by atoms with E-state index in [0.29, 0.717) is 0 Å². The maximum Gasteiger partial charge on any atom is 0.169 e. The van der Waals surface area contributed by atoms with Crippen LogP contribution in [0.5, 0.6) is 5.75 Å². The molecule has 0 aliphatic carbocycles. The number of hydrogen-bond donors (Lipinski definition) is 0. The van der Waals surface area contributed by atoms with Crippen LogP contribution in [0, 0.1) is 0 Å². The summed E-state index contributed by atoms with van der Waals surface area (Å²) in [6, 6.07) is 34.0. The van der Waals surface area contributed by atoms with Gasteiger partial charge in [-0.15, -0.1) is 0 Å². The molecule has 1 aromatic heterocycles. The van der Waals surface area contributed by atoms with Crippen LogP contribution in [0.1, 0.15) is 17.5 Å². The number of pyridine rings is 1. The van der Waals surface area contributed by atoms with Gasteiger partial charge in [-0.1, -0.05) is 72.8 Å². The minimum atomic E-state index is 0. The van der Waals surface area contributed by atoms with Crippen LogP contribution in [0.25, 0.3) is 11.1 Å². The van der Waals surface area contributed by atoms with Gasteiger partial charge in [0.1, 0.15) is 5.75 Å². The van der Waals surface area contributed by atoms with Crippen molar-refractivity contribution in [1.29, 1.82) is 0 Å². The molecule has 0 amide bonds. The van der Waals surface area contributed by atoms with E-state index in [-0.39, 0.29) is 12.4 Å². The monoisotopic (exact) mass is 429 g/mol. The Labute approximate surface area is 191 Å². The van der Waals surface area contributed by atoms with Gasteiger partial charge in [0.2, 0.25) is 0 Å². The molecule has 0 spiro atoms. The summed E-state index contributed by atoms with van der Waals surface area (Å²) in [5.74, 6) is 0.947. The normalized spacial score (nSPS) is 10.3. The third kappa shape index (κ3) is 6.97. The number of hydrogen-bond acceptors (Lipinski definition) is 1. The Kier molecular flexibility index (Phi) is 8.69. The van der Waals surface area contributed by atoms with Crippen molar-refractivity contribution in [3.05, 3.63) is 121 Å². The second-order valence-electron chi connectivity index (χ2n) is 7.52. The van der Waals surface area contributed by atoms with Crippen LogP contribution in [0.2, 0.25) is 0 Å². The first-order valence-corrected chi connectivity index (χ1v) is 10.7. The van der Waals surface area contributed by atoms with E-state index in [4.69, 9.17) is 4.74 Å². The van der Waals surface area contributed by atoms with Crippen molar-refractivity contribution < 1.29 is 21.7 Å². The standard InChI is InChI=1S/C28H28NO.ClH/c1-3-8-24(9-4-1)12-13-25-14-16-28(17-15-25)30-23-7-20-29-21-18-27(19-22-29)26-10-5-2-6-11-26;/h1-6,8-11,14-19,21-22H,7,12-13,20,23H2;1H/q+1;/p-1. The van der Waals surface area contributed by atoms with E-state index in [0.717, 1.165) is 38.2 Å². The topological polar surface area (TPSA) is 13.1 Å². The molecular formula is C28H28ClNO. The molecule has 0 fully saturated rings. The zero-order chi connectivity index (χ0) is 20.4. The Morgan fingerprint density at radius 1 is 0.581 bits per heavy atom. The number of aryl methyl sites for hydroxylation is 3. The molecule has 2 nitrogen and oxygen atoms in total. The Hall–Kier alpha value is -3.10. The van der Waals surface area contributed by atoms with Crippen LogP contribution in [0.15, 0.2) is 109 Å². The largest absolute Gasteiger partial charge is 1.00 e. The quantitative estimate of drug-likeness (QED) is 0.294. The van der Waals surface area contributed by atoms with Crippen LogP contribution < -0.4 is 21.7 Å². The molecule has 158 valence electrons. The van der Waals surface area contributed by atoms with Crippen LogP contribution in [0.3, 0.4) is 0 Å². The molecule has 1 heterocycles. The van der Waals surface area contributed by atoms with Gasteiger partial charge in [-0.05, 0) is 47.2 Å². The molecule has 0 atom stereocenters. The Balaban J connectivity index is 0.00000272. The number of rotatable bonds is 9. The molecule has 4 aromatic rings. The highest BCUT2D eigenvalue weighted by Crippen LogP contribution is 2.17. The SMILES string of the molecule is [Cl-].c1ccc(CCc2ccc(OCCC[n+]3ccc(-c4ccccc4)cc3)cc2)cc1. The highest BCUT2D eigenvalue weighted by atomic mass is 35.5. The summed E-state index contributed by atoms with van der Waals surface area (Å²) >= 11 is 0. The van der Waals surface area contributed by atoms with Crippen molar-refractivity contribution in [3.8, 4) is 16.9 Å². The fraction of sp³-hybridized carbons (Fsp3) is 0.179. The van der Waals surface area contributed by atoms with E-state index < -0.39 is 0 Å². The number of halogens is 1. The van der Waals surface area contributed by atoms with Gasteiger partial charge in [0, 0.05) is 18.6 Å². The van der Waals surface area contributed by atoms with Crippen LogP contribution >= 0.6 is 0 Å². The number of ether oxygens (including phenoxy) is 1. The van der Waals surface area contributed by atoms with Crippen molar-refractivity contribution in [2.45, 2.75) is 25.8 Å². The van der Waals surface area contributed by atoms with Crippen molar-refractivity contribution in [2.75, 3.05) is 6.61 Å². The third-order valence-corrected chi connectivity index (χ3v) is 5.30.